The van der Waals surface area contributed by atoms with Gasteiger partial charge in [0.25, 0.3) is 0 Å². The molecule has 0 radical (unpaired) electrons. The van der Waals surface area contributed by atoms with E-state index in [1.807, 2.05) is 6.92 Å². The summed E-state index contributed by atoms with van der Waals surface area (Å²) in [7, 11) is 0. The van der Waals surface area contributed by atoms with E-state index in [1.165, 1.54) is 6.07 Å². The van der Waals surface area contributed by atoms with E-state index in [-0.39, 0.29) is 5.82 Å². The average molecular weight is 289 g/mol. The normalized spacial score (nSPS) is 14.5. The summed E-state index contributed by atoms with van der Waals surface area (Å²) in [6.07, 6.45) is 0.940. The Kier molecular flexibility index (Phi) is 4.08. The van der Waals surface area contributed by atoms with Crippen molar-refractivity contribution in [2.24, 2.45) is 5.41 Å². The van der Waals surface area contributed by atoms with Crippen molar-refractivity contribution in [1.29, 1.82) is 0 Å². The molecular formula is C12H14BrFO2. The predicted octanol–water partition coefficient (Wildman–Crippen LogP) is 3.63. The summed E-state index contributed by atoms with van der Waals surface area (Å²) in [5, 5.41) is 9.13. The second kappa shape index (κ2) is 4.95. The molecule has 1 N–H and O–H groups in total. The minimum Gasteiger partial charge on any atom is -0.481 e. The van der Waals surface area contributed by atoms with Gasteiger partial charge in [0.2, 0.25) is 0 Å². The van der Waals surface area contributed by atoms with Crippen LogP contribution in [0.4, 0.5) is 4.39 Å². The SMILES string of the molecule is CCC(C)(Cc1ccc(F)c(Br)c1)C(=O)O. The lowest BCUT2D eigenvalue weighted by molar-refractivity contribution is -0.148. The lowest BCUT2D eigenvalue weighted by atomic mass is 9.81. The van der Waals surface area contributed by atoms with E-state index in [2.05, 4.69) is 15.9 Å². The first kappa shape index (κ1) is 13.2. The molecule has 1 atom stereocenters. The lowest BCUT2D eigenvalue weighted by Gasteiger charge is -2.23. The molecule has 0 saturated carbocycles. The predicted molar refractivity (Wildman–Crippen MR) is 63.8 cm³/mol. The van der Waals surface area contributed by atoms with Crippen molar-refractivity contribution in [2.75, 3.05) is 0 Å². The van der Waals surface area contributed by atoms with E-state index in [1.54, 1.807) is 19.1 Å². The zero-order valence-corrected chi connectivity index (χ0v) is 10.8. The first-order valence-corrected chi connectivity index (χ1v) is 5.85. The Morgan fingerprint density at radius 2 is 2.19 bits per heavy atom. The number of hydrogen-bond donors (Lipinski definition) is 1. The van der Waals surface area contributed by atoms with Crippen LogP contribution in [0.1, 0.15) is 25.8 Å². The number of aliphatic carboxylic acids is 1. The molecule has 0 heterocycles. The van der Waals surface area contributed by atoms with Crippen LogP contribution in [0.2, 0.25) is 0 Å². The second-order valence-electron chi connectivity index (χ2n) is 4.14. The quantitative estimate of drug-likeness (QED) is 0.919. The van der Waals surface area contributed by atoms with Gasteiger partial charge in [-0.25, -0.2) is 4.39 Å². The van der Waals surface area contributed by atoms with Gasteiger partial charge in [-0.15, -0.1) is 0 Å². The van der Waals surface area contributed by atoms with Crippen LogP contribution in [0, 0.1) is 11.2 Å². The van der Waals surface area contributed by atoms with Crippen LogP contribution < -0.4 is 0 Å². The number of hydrogen-bond acceptors (Lipinski definition) is 1. The van der Waals surface area contributed by atoms with Crippen molar-refractivity contribution in [3.8, 4) is 0 Å². The van der Waals surface area contributed by atoms with Crippen molar-refractivity contribution in [3.63, 3.8) is 0 Å². The maximum atomic E-state index is 13.0. The molecule has 0 saturated heterocycles. The Morgan fingerprint density at radius 3 is 2.62 bits per heavy atom. The maximum Gasteiger partial charge on any atom is 0.309 e. The van der Waals surface area contributed by atoms with Crippen LogP contribution >= 0.6 is 15.9 Å². The number of benzene rings is 1. The topological polar surface area (TPSA) is 37.3 Å². The van der Waals surface area contributed by atoms with Gasteiger partial charge < -0.3 is 5.11 Å². The van der Waals surface area contributed by atoms with Crippen molar-refractivity contribution in [3.05, 3.63) is 34.1 Å². The molecule has 16 heavy (non-hydrogen) atoms. The Labute approximate surface area is 103 Å². The molecule has 0 bridgehead atoms. The zero-order valence-electron chi connectivity index (χ0n) is 9.26. The third-order valence-corrected chi connectivity index (χ3v) is 3.48. The van der Waals surface area contributed by atoms with Gasteiger partial charge in [0.15, 0.2) is 0 Å². The largest absolute Gasteiger partial charge is 0.481 e. The van der Waals surface area contributed by atoms with Gasteiger partial charge in [0, 0.05) is 0 Å². The van der Waals surface area contributed by atoms with Crippen LogP contribution in [0.15, 0.2) is 22.7 Å². The number of carboxylic acids is 1. The first-order valence-electron chi connectivity index (χ1n) is 5.06. The maximum absolute atomic E-state index is 13.0. The third-order valence-electron chi connectivity index (χ3n) is 2.87. The molecule has 1 aromatic carbocycles. The zero-order chi connectivity index (χ0) is 12.3. The van der Waals surface area contributed by atoms with Crippen molar-refractivity contribution < 1.29 is 14.3 Å². The van der Waals surface area contributed by atoms with E-state index in [0.717, 1.165) is 5.56 Å². The molecule has 0 fully saturated rings. The second-order valence-corrected chi connectivity index (χ2v) is 5.00. The first-order chi connectivity index (χ1) is 7.39. The summed E-state index contributed by atoms with van der Waals surface area (Å²) in [5.74, 6) is -1.16. The van der Waals surface area contributed by atoms with Gasteiger partial charge >= 0.3 is 5.97 Å². The Balaban J connectivity index is 2.95. The molecular weight excluding hydrogens is 275 g/mol. The molecule has 1 unspecified atom stereocenters. The van der Waals surface area contributed by atoms with Crippen LogP contribution in [0.5, 0.6) is 0 Å². The smallest absolute Gasteiger partial charge is 0.309 e. The highest BCUT2D eigenvalue weighted by Crippen LogP contribution is 2.28. The number of carbonyl (C=O) groups is 1. The van der Waals surface area contributed by atoms with Crippen LogP contribution in [0.3, 0.4) is 0 Å². The molecule has 0 aromatic heterocycles. The summed E-state index contributed by atoms with van der Waals surface area (Å²) in [4.78, 5) is 11.1. The number of halogens is 2. The summed E-state index contributed by atoms with van der Waals surface area (Å²) in [5.41, 5.74) is 0.0251. The molecule has 2 nitrogen and oxygen atoms in total. The van der Waals surface area contributed by atoms with Gasteiger partial charge in [-0.05, 0) is 53.4 Å². The van der Waals surface area contributed by atoms with Crippen molar-refractivity contribution in [2.45, 2.75) is 26.7 Å². The number of rotatable bonds is 4. The molecule has 0 aliphatic carbocycles. The van der Waals surface area contributed by atoms with E-state index in [0.29, 0.717) is 17.3 Å². The summed E-state index contributed by atoms with van der Waals surface area (Å²) in [6, 6.07) is 4.60. The number of carboxylic acid groups (broad SMARTS) is 1. The molecule has 4 heteroatoms. The Bertz CT molecular complexity index is 406. The minimum atomic E-state index is -0.824. The highest BCUT2D eigenvalue weighted by atomic mass is 79.9. The van der Waals surface area contributed by atoms with Crippen LogP contribution in [-0.2, 0) is 11.2 Å². The lowest BCUT2D eigenvalue weighted by Crippen LogP contribution is -2.29. The summed E-state index contributed by atoms with van der Waals surface area (Å²) >= 11 is 3.09. The average Bonchev–Trinajstić information content (AvgIpc) is 2.23. The van der Waals surface area contributed by atoms with E-state index in [9.17, 15) is 9.18 Å². The monoisotopic (exact) mass is 288 g/mol. The Morgan fingerprint density at radius 1 is 1.56 bits per heavy atom. The van der Waals surface area contributed by atoms with Gasteiger partial charge in [-0.2, -0.15) is 0 Å². The fourth-order valence-corrected chi connectivity index (χ4v) is 1.88. The van der Waals surface area contributed by atoms with Crippen molar-refractivity contribution >= 4 is 21.9 Å². The van der Waals surface area contributed by atoms with E-state index >= 15 is 0 Å². The van der Waals surface area contributed by atoms with E-state index in [4.69, 9.17) is 5.11 Å². The molecule has 0 aliphatic heterocycles. The van der Waals surface area contributed by atoms with Crippen LogP contribution in [-0.4, -0.2) is 11.1 Å². The molecule has 1 aromatic rings. The standard InChI is InChI=1S/C12H14BrFO2/c1-3-12(2,11(15)16)7-8-4-5-10(14)9(13)6-8/h4-6H,3,7H2,1-2H3,(H,15,16). The van der Waals surface area contributed by atoms with Gasteiger partial charge in [-0.1, -0.05) is 13.0 Å². The molecule has 88 valence electrons. The van der Waals surface area contributed by atoms with E-state index < -0.39 is 11.4 Å². The third kappa shape index (κ3) is 2.82. The highest BCUT2D eigenvalue weighted by molar-refractivity contribution is 9.10. The van der Waals surface area contributed by atoms with Gasteiger partial charge in [0.05, 0.1) is 9.89 Å². The molecule has 0 amide bonds. The molecule has 1 rings (SSSR count). The van der Waals surface area contributed by atoms with Crippen LogP contribution in [0.25, 0.3) is 0 Å². The summed E-state index contributed by atoms with van der Waals surface area (Å²) in [6.45, 7) is 3.54. The molecule has 0 spiro atoms. The highest BCUT2D eigenvalue weighted by Gasteiger charge is 2.31. The summed E-state index contributed by atoms with van der Waals surface area (Å²) < 4.78 is 13.4. The van der Waals surface area contributed by atoms with Crippen molar-refractivity contribution in [1.82, 2.24) is 0 Å². The fourth-order valence-electron chi connectivity index (χ4n) is 1.45. The van der Waals surface area contributed by atoms with Gasteiger partial charge in [-0.3, -0.25) is 4.79 Å². The van der Waals surface area contributed by atoms with Gasteiger partial charge in [0.1, 0.15) is 5.82 Å². The fraction of sp³-hybridized carbons (Fsp3) is 0.417. The molecule has 0 aliphatic rings. The Hall–Kier alpha value is -0.900. The minimum absolute atomic E-state index is 0.336.